The molecule has 0 aliphatic heterocycles. The maximum absolute atomic E-state index is 12.3. The van der Waals surface area contributed by atoms with Crippen molar-refractivity contribution in [2.75, 3.05) is 5.32 Å². The van der Waals surface area contributed by atoms with Gasteiger partial charge >= 0.3 is 0 Å². The van der Waals surface area contributed by atoms with E-state index in [1.807, 2.05) is 31.2 Å². The van der Waals surface area contributed by atoms with E-state index in [2.05, 4.69) is 20.5 Å². The normalized spacial score (nSPS) is 10.9. The lowest BCUT2D eigenvalue weighted by molar-refractivity contribution is 0.102. The fourth-order valence-corrected chi connectivity index (χ4v) is 4.23. The number of carbonyl (C=O) groups excluding carboxylic acids is 1. The molecule has 3 aromatic heterocycles. The number of amides is 1. The van der Waals surface area contributed by atoms with Crippen LogP contribution in [-0.4, -0.2) is 25.5 Å². The van der Waals surface area contributed by atoms with E-state index in [-0.39, 0.29) is 11.5 Å². The van der Waals surface area contributed by atoms with Gasteiger partial charge in [-0.15, -0.1) is 10.2 Å². The molecule has 4 rings (SSSR count). The van der Waals surface area contributed by atoms with Gasteiger partial charge in [0.2, 0.25) is 5.13 Å². The molecular formula is C19H15N5O2S2. The van der Waals surface area contributed by atoms with Gasteiger partial charge in [0.15, 0.2) is 4.34 Å². The summed E-state index contributed by atoms with van der Waals surface area (Å²) in [7, 11) is 0. The minimum atomic E-state index is -0.222. The first-order chi connectivity index (χ1) is 13.6. The Hall–Kier alpha value is -3.04. The highest BCUT2D eigenvalue weighted by atomic mass is 32.2. The van der Waals surface area contributed by atoms with Crippen LogP contribution in [-0.2, 0) is 5.75 Å². The largest absolute Gasteiger partial charge is 0.296 e. The Bertz CT molecular complexity index is 1220. The van der Waals surface area contributed by atoms with Crippen molar-refractivity contribution in [3.05, 3.63) is 81.9 Å². The minimum Gasteiger partial charge on any atom is -0.296 e. The molecule has 1 aromatic carbocycles. The van der Waals surface area contributed by atoms with Gasteiger partial charge in [-0.1, -0.05) is 46.9 Å². The van der Waals surface area contributed by atoms with Gasteiger partial charge in [-0.2, -0.15) is 0 Å². The summed E-state index contributed by atoms with van der Waals surface area (Å²) in [5.41, 5.74) is 2.74. The number of nitrogens with one attached hydrogen (secondary N) is 1. The summed E-state index contributed by atoms with van der Waals surface area (Å²) in [4.78, 5) is 28.9. The zero-order chi connectivity index (χ0) is 19.5. The highest BCUT2D eigenvalue weighted by molar-refractivity contribution is 8.00. The Balaban J connectivity index is 1.42. The van der Waals surface area contributed by atoms with Crippen LogP contribution in [0.2, 0.25) is 0 Å². The molecular weight excluding hydrogens is 394 g/mol. The number of hydrogen-bond donors (Lipinski definition) is 1. The third kappa shape index (κ3) is 4.10. The van der Waals surface area contributed by atoms with Gasteiger partial charge in [-0.25, -0.2) is 4.98 Å². The van der Waals surface area contributed by atoms with E-state index in [1.54, 1.807) is 24.4 Å². The van der Waals surface area contributed by atoms with Crippen molar-refractivity contribution >= 4 is 39.8 Å². The Morgan fingerprint density at radius 1 is 1.18 bits per heavy atom. The van der Waals surface area contributed by atoms with E-state index in [4.69, 9.17) is 0 Å². The van der Waals surface area contributed by atoms with Crippen molar-refractivity contribution in [1.82, 2.24) is 19.6 Å². The van der Waals surface area contributed by atoms with Crippen LogP contribution >= 0.6 is 23.1 Å². The number of pyridine rings is 1. The lowest BCUT2D eigenvalue weighted by Gasteiger charge is -2.02. The van der Waals surface area contributed by atoms with Crippen molar-refractivity contribution in [1.29, 1.82) is 0 Å². The van der Waals surface area contributed by atoms with Crippen LogP contribution in [0.5, 0.6) is 0 Å². The first-order valence-corrected chi connectivity index (χ1v) is 10.2. The summed E-state index contributed by atoms with van der Waals surface area (Å²) in [6.45, 7) is 1.93. The van der Waals surface area contributed by atoms with Crippen molar-refractivity contribution < 1.29 is 4.79 Å². The van der Waals surface area contributed by atoms with E-state index in [0.29, 0.717) is 32.1 Å². The molecule has 7 nitrogen and oxygen atoms in total. The summed E-state index contributed by atoms with van der Waals surface area (Å²) in [5, 5.41) is 11.3. The first kappa shape index (κ1) is 18.3. The Labute approximate surface area is 168 Å². The molecule has 4 aromatic rings. The standard InChI is InChI=1S/C19H15N5O2S2/c1-12-5-4-6-13(9-12)17(26)21-18-22-23-19(28-18)27-11-14-10-16(25)24-8-3-2-7-15(24)20-14/h2-10H,11H2,1H3,(H,21,22,26). The van der Waals surface area contributed by atoms with Crippen LogP contribution in [0.25, 0.3) is 5.65 Å². The third-order valence-corrected chi connectivity index (χ3v) is 5.88. The van der Waals surface area contributed by atoms with Crippen LogP contribution in [0.15, 0.2) is 63.9 Å². The molecule has 3 heterocycles. The van der Waals surface area contributed by atoms with Crippen LogP contribution in [0.4, 0.5) is 5.13 Å². The predicted molar refractivity (Wildman–Crippen MR) is 110 cm³/mol. The fourth-order valence-electron chi connectivity index (χ4n) is 2.59. The molecule has 140 valence electrons. The molecule has 0 bridgehead atoms. The van der Waals surface area contributed by atoms with Crippen LogP contribution in [0.1, 0.15) is 21.6 Å². The SMILES string of the molecule is Cc1cccc(C(=O)Nc2nnc(SCc3cc(=O)n4ccccc4n3)s2)c1. The smallest absolute Gasteiger partial charge is 0.258 e. The number of nitrogens with zero attached hydrogens (tertiary/aromatic N) is 4. The van der Waals surface area contributed by atoms with Crippen LogP contribution < -0.4 is 10.9 Å². The molecule has 1 N–H and O–H groups in total. The monoisotopic (exact) mass is 409 g/mol. The molecule has 0 atom stereocenters. The maximum atomic E-state index is 12.3. The molecule has 0 aliphatic rings. The van der Waals surface area contributed by atoms with Gasteiger partial charge in [0.25, 0.3) is 11.5 Å². The summed E-state index contributed by atoms with van der Waals surface area (Å²) in [6.07, 6.45) is 1.69. The predicted octanol–water partition coefficient (Wildman–Crippen LogP) is 3.40. The van der Waals surface area contributed by atoms with Gasteiger partial charge in [-0.3, -0.25) is 19.3 Å². The molecule has 0 saturated carbocycles. The van der Waals surface area contributed by atoms with Gasteiger partial charge < -0.3 is 0 Å². The summed E-state index contributed by atoms with van der Waals surface area (Å²) < 4.78 is 2.19. The molecule has 0 radical (unpaired) electrons. The van der Waals surface area contributed by atoms with Crippen molar-refractivity contribution in [3.8, 4) is 0 Å². The summed E-state index contributed by atoms with van der Waals surface area (Å²) in [6, 6.07) is 14.3. The number of hydrogen-bond acceptors (Lipinski definition) is 7. The average Bonchev–Trinajstić information content (AvgIpc) is 3.14. The molecule has 0 saturated heterocycles. The van der Waals surface area contributed by atoms with Crippen molar-refractivity contribution in [3.63, 3.8) is 0 Å². The third-order valence-electron chi connectivity index (χ3n) is 3.87. The first-order valence-electron chi connectivity index (χ1n) is 8.40. The molecule has 0 unspecified atom stereocenters. The number of fused-ring (bicyclic) bond motifs is 1. The number of benzene rings is 1. The van der Waals surface area contributed by atoms with E-state index in [9.17, 15) is 9.59 Å². The quantitative estimate of drug-likeness (QED) is 0.401. The van der Waals surface area contributed by atoms with Crippen molar-refractivity contribution in [2.24, 2.45) is 0 Å². The minimum absolute atomic E-state index is 0.121. The second-order valence-corrected chi connectivity index (χ2v) is 8.20. The van der Waals surface area contributed by atoms with E-state index in [0.717, 1.165) is 5.56 Å². The van der Waals surface area contributed by atoms with Gasteiger partial charge in [0, 0.05) is 23.6 Å². The number of carbonyl (C=O) groups is 1. The highest BCUT2D eigenvalue weighted by Crippen LogP contribution is 2.28. The van der Waals surface area contributed by atoms with Crippen LogP contribution in [0.3, 0.4) is 0 Å². The zero-order valence-electron chi connectivity index (χ0n) is 14.8. The maximum Gasteiger partial charge on any atom is 0.258 e. The molecule has 0 fully saturated rings. The fraction of sp³-hybridized carbons (Fsp3) is 0.105. The van der Waals surface area contributed by atoms with E-state index >= 15 is 0 Å². The van der Waals surface area contributed by atoms with Crippen LogP contribution in [0, 0.1) is 6.92 Å². The molecule has 28 heavy (non-hydrogen) atoms. The zero-order valence-corrected chi connectivity index (χ0v) is 16.5. The van der Waals surface area contributed by atoms with Gasteiger partial charge in [0.1, 0.15) is 5.65 Å². The topological polar surface area (TPSA) is 89.2 Å². The Kier molecular flexibility index (Phi) is 5.18. The molecule has 0 spiro atoms. The summed E-state index contributed by atoms with van der Waals surface area (Å²) in [5.74, 6) is 0.266. The number of anilines is 1. The molecule has 9 heteroatoms. The average molecular weight is 409 g/mol. The molecule has 0 aliphatic carbocycles. The number of rotatable bonds is 5. The second kappa shape index (κ2) is 7.91. The Morgan fingerprint density at radius 3 is 2.93 bits per heavy atom. The number of aryl methyl sites for hydroxylation is 1. The van der Waals surface area contributed by atoms with E-state index in [1.165, 1.54) is 33.6 Å². The highest BCUT2D eigenvalue weighted by Gasteiger charge is 2.11. The van der Waals surface area contributed by atoms with Gasteiger partial charge in [-0.05, 0) is 31.2 Å². The molecule has 1 amide bonds. The summed E-state index contributed by atoms with van der Waals surface area (Å²) >= 11 is 2.70. The second-order valence-electron chi connectivity index (χ2n) is 6.00. The Morgan fingerprint density at radius 2 is 2.07 bits per heavy atom. The number of aromatic nitrogens is 4. The van der Waals surface area contributed by atoms with E-state index < -0.39 is 0 Å². The lowest BCUT2D eigenvalue weighted by Crippen LogP contribution is -2.14. The van der Waals surface area contributed by atoms with Crippen molar-refractivity contribution in [2.45, 2.75) is 17.0 Å². The number of thioether (sulfide) groups is 1. The van der Waals surface area contributed by atoms with Gasteiger partial charge in [0.05, 0.1) is 5.69 Å². The lowest BCUT2D eigenvalue weighted by atomic mass is 10.1.